The number of hydrogen-bond donors (Lipinski definition) is 1. The molecule has 0 saturated heterocycles. The zero-order valence-corrected chi connectivity index (χ0v) is 15.9. The SMILES string of the molecule is CC(=O)c1cc2c(cc1NC(=O)CN(C)Cc1ccc(OC(F)F)cc1)OCO2. The maximum atomic E-state index is 12.4. The van der Waals surface area contributed by atoms with Crippen LogP contribution in [0.25, 0.3) is 0 Å². The van der Waals surface area contributed by atoms with E-state index in [1.165, 1.54) is 19.1 Å². The van der Waals surface area contributed by atoms with Gasteiger partial charge in [-0.2, -0.15) is 8.78 Å². The molecule has 0 spiro atoms. The van der Waals surface area contributed by atoms with Crippen molar-refractivity contribution in [2.45, 2.75) is 20.1 Å². The molecule has 0 radical (unpaired) electrons. The molecule has 1 amide bonds. The highest BCUT2D eigenvalue weighted by molar-refractivity contribution is 6.05. The summed E-state index contributed by atoms with van der Waals surface area (Å²) in [6.07, 6.45) is 0. The van der Waals surface area contributed by atoms with Gasteiger partial charge in [0.2, 0.25) is 12.7 Å². The maximum Gasteiger partial charge on any atom is 0.387 e. The van der Waals surface area contributed by atoms with Crippen LogP contribution in [0, 0.1) is 0 Å². The number of ketones is 1. The van der Waals surface area contributed by atoms with Crippen LogP contribution in [-0.4, -0.2) is 43.6 Å². The summed E-state index contributed by atoms with van der Waals surface area (Å²) >= 11 is 0. The van der Waals surface area contributed by atoms with E-state index in [4.69, 9.17) is 9.47 Å². The number of nitrogens with one attached hydrogen (secondary N) is 1. The quantitative estimate of drug-likeness (QED) is 0.678. The van der Waals surface area contributed by atoms with Crippen LogP contribution in [0.1, 0.15) is 22.8 Å². The second kappa shape index (κ2) is 8.87. The highest BCUT2D eigenvalue weighted by atomic mass is 19.3. The maximum absolute atomic E-state index is 12.4. The van der Waals surface area contributed by atoms with E-state index in [1.807, 2.05) is 0 Å². The highest BCUT2D eigenvalue weighted by Crippen LogP contribution is 2.37. The van der Waals surface area contributed by atoms with E-state index < -0.39 is 6.61 Å². The average Bonchev–Trinajstić information content (AvgIpc) is 3.09. The molecular formula is C20H20F2N2O5. The number of nitrogens with zero attached hydrogens (tertiary/aromatic N) is 1. The van der Waals surface area contributed by atoms with Gasteiger partial charge in [-0.3, -0.25) is 14.5 Å². The number of likely N-dealkylation sites (N-methyl/N-ethyl adjacent to an activating group) is 1. The van der Waals surface area contributed by atoms with E-state index in [1.54, 1.807) is 36.2 Å². The second-order valence-electron chi connectivity index (χ2n) is 6.55. The minimum Gasteiger partial charge on any atom is -0.454 e. The fourth-order valence-electron chi connectivity index (χ4n) is 2.92. The average molecular weight is 406 g/mol. The fraction of sp³-hybridized carbons (Fsp3) is 0.300. The van der Waals surface area contributed by atoms with Gasteiger partial charge in [0.05, 0.1) is 12.2 Å². The number of carbonyl (C=O) groups excluding carboxylic acids is 2. The predicted octanol–water partition coefficient (Wildman–Crippen LogP) is 3.29. The Morgan fingerprint density at radius 1 is 1.17 bits per heavy atom. The summed E-state index contributed by atoms with van der Waals surface area (Å²) in [7, 11) is 1.74. The van der Waals surface area contributed by atoms with Crippen LogP contribution in [0.3, 0.4) is 0 Å². The zero-order valence-electron chi connectivity index (χ0n) is 15.9. The number of Topliss-reactive ketones (excluding diaryl/α,β-unsaturated/α-hetero) is 1. The molecule has 0 saturated carbocycles. The van der Waals surface area contributed by atoms with Crippen LogP contribution < -0.4 is 19.5 Å². The molecule has 1 N–H and O–H groups in total. The third kappa shape index (κ3) is 5.41. The van der Waals surface area contributed by atoms with Crippen molar-refractivity contribution in [3.63, 3.8) is 0 Å². The minimum atomic E-state index is -2.87. The predicted molar refractivity (Wildman–Crippen MR) is 101 cm³/mol. The fourth-order valence-corrected chi connectivity index (χ4v) is 2.92. The molecule has 0 aromatic heterocycles. The van der Waals surface area contributed by atoms with Crippen molar-refractivity contribution < 1.29 is 32.6 Å². The number of anilines is 1. The van der Waals surface area contributed by atoms with Crippen LogP contribution in [-0.2, 0) is 11.3 Å². The number of carbonyl (C=O) groups is 2. The standard InChI is InChI=1S/C20H20F2N2O5/c1-12(25)15-7-17-18(28-11-27-17)8-16(15)23-19(26)10-24(2)9-13-3-5-14(6-4-13)29-20(21)22/h3-8,20H,9-11H2,1-2H3,(H,23,26). The molecule has 0 unspecified atom stereocenters. The van der Waals surface area contributed by atoms with Crippen LogP contribution in [0.15, 0.2) is 36.4 Å². The lowest BCUT2D eigenvalue weighted by molar-refractivity contribution is -0.117. The Bertz CT molecular complexity index is 902. The van der Waals surface area contributed by atoms with E-state index in [-0.39, 0.29) is 30.8 Å². The number of hydrogen-bond acceptors (Lipinski definition) is 6. The number of ether oxygens (including phenoxy) is 3. The molecule has 2 aromatic carbocycles. The Hall–Kier alpha value is -3.20. The van der Waals surface area contributed by atoms with E-state index >= 15 is 0 Å². The van der Waals surface area contributed by atoms with E-state index in [0.29, 0.717) is 29.3 Å². The van der Waals surface area contributed by atoms with Crippen LogP contribution in [0.2, 0.25) is 0 Å². The first kappa shape index (κ1) is 20.5. The van der Waals surface area contributed by atoms with Gasteiger partial charge < -0.3 is 19.5 Å². The van der Waals surface area contributed by atoms with Gasteiger partial charge in [0.1, 0.15) is 5.75 Å². The monoisotopic (exact) mass is 406 g/mol. The Balaban J connectivity index is 1.60. The van der Waals surface area contributed by atoms with E-state index in [9.17, 15) is 18.4 Å². The lowest BCUT2D eigenvalue weighted by atomic mass is 10.1. The Kier molecular flexibility index (Phi) is 6.28. The summed E-state index contributed by atoms with van der Waals surface area (Å²) < 4.78 is 39.3. The molecule has 3 rings (SSSR count). The Morgan fingerprint density at radius 2 is 1.83 bits per heavy atom. The molecule has 1 aliphatic heterocycles. The van der Waals surface area contributed by atoms with Crippen molar-refractivity contribution in [3.8, 4) is 17.2 Å². The third-order valence-electron chi connectivity index (χ3n) is 4.18. The van der Waals surface area contributed by atoms with Crippen LogP contribution in [0.4, 0.5) is 14.5 Å². The molecule has 0 aliphatic carbocycles. The summed E-state index contributed by atoms with van der Waals surface area (Å²) in [6, 6.07) is 9.31. The number of halogens is 2. The number of rotatable bonds is 8. The largest absolute Gasteiger partial charge is 0.454 e. The summed E-state index contributed by atoms with van der Waals surface area (Å²) in [6.45, 7) is -0.929. The van der Waals surface area contributed by atoms with Gasteiger partial charge >= 0.3 is 6.61 Å². The molecule has 7 nitrogen and oxygen atoms in total. The van der Waals surface area contributed by atoms with Gasteiger partial charge in [-0.25, -0.2) is 0 Å². The van der Waals surface area contributed by atoms with Gasteiger partial charge in [-0.15, -0.1) is 0 Å². The summed E-state index contributed by atoms with van der Waals surface area (Å²) in [4.78, 5) is 26.1. The number of alkyl halides is 2. The second-order valence-corrected chi connectivity index (χ2v) is 6.55. The Labute approximate surface area is 166 Å². The molecule has 1 heterocycles. The first-order valence-corrected chi connectivity index (χ1v) is 8.78. The van der Waals surface area contributed by atoms with Gasteiger partial charge in [0.25, 0.3) is 0 Å². The molecule has 0 atom stereocenters. The van der Waals surface area contributed by atoms with Gasteiger partial charge in [0, 0.05) is 18.2 Å². The molecule has 0 bridgehead atoms. The Morgan fingerprint density at radius 3 is 2.45 bits per heavy atom. The van der Waals surface area contributed by atoms with Crippen molar-refractivity contribution in [1.29, 1.82) is 0 Å². The normalized spacial score (nSPS) is 12.3. The number of benzene rings is 2. The zero-order chi connectivity index (χ0) is 21.0. The summed E-state index contributed by atoms with van der Waals surface area (Å²) in [5, 5.41) is 2.73. The van der Waals surface area contributed by atoms with Crippen molar-refractivity contribution in [3.05, 3.63) is 47.5 Å². The number of fused-ring (bicyclic) bond motifs is 1. The minimum absolute atomic E-state index is 0.0566. The molecule has 0 fully saturated rings. The van der Waals surface area contributed by atoms with E-state index in [2.05, 4.69) is 10.1 Å². The van der Waals surface area contributed by atoms with Crippen molar-refractivity contribution >= 4 is 17.4 Å². The van der Waals surface area contributed by atoms with Gasteiger partial charge in [-0.1, -0.05) is 12.1 Å². The first-order valence-electron chi connectivity index (χ1n) is 8.78. The van der Waals surface area contributed by atoms with Gasteiger partial charge in [-0.05, 0) is 37.7 Å². The molecular weight excluding hydrogens is 386 g/mol. The molecule has 154 valence electrons. The molecule has 1 aliphatic rings. The smallest absolute Gasteiger partial charge is 0.387 e. The van der Waals surface area contributed by atoms with Gasteiger partial charge in [0.15, 0.2) is 17.3 Å². The lowest BCUT2D eigenvalue weighted by Crippen LogP contribution is -2.30. The molecule has 2 aromatic rings. The summed E-state index contributed by atoms with van der Waals surface area (Å²) in [5.74, 6) is 0.475. The van der Waals surface area contributed by atoms with Crippen molar-refractivity contribution in [1.82, 2.24) is 4.90 Å². The molecule has 9 heteroatoms. The van der Waals surface area contributed by atoms with E-state index in [0.717, 1.165) is 5.56 Å². The number of amides is 1. The highest BCUT2D eigenvalue weighted by Gasteiger charge is 2.20. The van der Waals surface area contributed by atoms with Crippen LogP contribution in [0.5, 0.6) is 17.2 Å². The lowest BCUT2D eigenvalue weighted by Gasteiger charge is -2.17. The first-order chi connectivity index (χ1) is 13.8. The topological polar surface area (TPSA) is 77.1 Å². The molecule has 29 heavy (non-hydrogen) atoms. The summed E-state index contributed by atoms with van der Waals surface area (Å²) in [5.41, 5.74) is 1.52. The van der Waals surface area contributed by atoms with Crippen molar-refractivity contribution in [2.75, 3.05) is 25.7 Å². The third-order valence-corrected chi connectivity index (χ3v) is 4.18. The van der Waals surface area contributed by atoms with Crippen LogP contribution >= 0.6 is 0 Å². The van der Waals surface area contributed by atoms with Crippen molar-refractivity contribution in [2.24, 2.45) is 0 Å².